The molecule has 1 aliphatic rings. The van der Waals surface area contributed by atoms with Gasteiger partial charge in [-0.25, -0.2) is 8.42 Å². The molecule has 1 unspecified atom stereocenters. The van der Waals surface area contributed by atoms with E-state index in [1.54, 1.807) is 27.8 Å². The standard InChI is InChI=1S/C14H13Br2NO2S2/c15-11-3-4-12(16)14(8-11)21(18,19)17-6-1-2-13(17)10-5-7-20-9-10/h3-5,7-9,13H,1-2,6H2. The van der Waals surface area contributed by atoms with E-state index in [0.717, 1.165) is 22.9 Å². The maximum Gasteiger partial charge on any atom is 0.244 e. The highest BCUT2D eigenvalue weighted by molar-refractivity contribution is 9.11. The van der Waals surface area contributed by atoms with Crippen molar-refractivity contribution in [3.05, 3.63) is 49.5 Å². The fraction of sp³-hybridized carbons (Fsp3) is 0.286. The Kier molecular flexibility index (Phi) is 4.57. The van der Waals surface area contributed by atoms with Gasteiger partial charge in [-0.3, -0.25) is 0 Å². The summed E-state index contributed by atoms with van der Waals surface area (Å²) in [5.41, 5.74) is 1.09. The summed E-state index contributed by atoms with van der Waals surface area (Å²) in [7, 11) is -3.51. The van der Waals surface area contributed by atoms with Gasteiger partial charge >= 0.3 is 0 Å². The van der Waals surface area contributed by atoms with Crippen LogP contribution in [0.2, 0.25) is 0 Å². The third-order valence-electron chi connectivity index (χ3n) is 3.61. The summed E-state index contributed by atoms with van der Waals surface area (Å²) in [6, 6.07) is 7.20. The van der Waals surface area contributed by atoms with Crippen molar-refractivity contribution in [3.8, 4) is 0 Å². The van der Waals surface area contributed by atoms with Gasteiger partial charge in [-0.2, -0.15) is 15.6 Å². The molecule has 7 heteroatoms. The lowest BCUT2D eigenvalue weighted by Gasteiger charge is -2.24. The van der Waals surface area contributed by atoms with Crippen molar-refractivity contribution in [3.63, 3.8) is 0 Å². The number of nitrogens with zero attached hydrogens (tertiary/aromatic N) is 1. The van der Waals surface area contributed by atoms with Gasteiger partial charge < -0.3 is 0 Å². The molecule has 3 rings (SSSR count). The first kappa shape index (κ1) is 15.7. The summed E-state index contributed by atoms with van der Waals surface area (Å²) in [6.07, 6.45) is 1.77. The molecule has 0 amide bonds. The van der Waals surface area contributed by atoms with Gasteiger partial charge in [0, 0.05) is 15.5 Å². The normalized spacial score (nSPS) is 20.0. The Morgan fingerprint density at radius 1 is 1.24 bits per heavy atom. The summed E-state index contributed by atoms with van der Waals surface area (Å²) in [5.74, 6) is 0. The van der Waals surface area contributed by atoms with Crippen LogP contribution in [0.5, 0.6) is 0 Å². The minimum atomic E-state index is -3.51. The van der Waals surface area contributed by atoms with Crippen LogP contribution in [0.4, 0.5) is 0 Å². The van der Waals surface area contributed by atoms with Gasteiger partial charge in [0.1, 0.15) is 0 Å². The van der Waals surface area contributed by atoms with Crippen molar-refractivity contribution < 1.29 is 8.42 Å². The Morgan fingerprint density at radius 2 is 2.05 bits per heavy atom. The molecule has 1 aliphatic heterocycles. The average Bonchev–Trinajstić information content (AvgIpc) is 3.10. The van der Waals surface area contributed by atoms with Crippen LogP contribution in [-0.4, -0.2) is 19.3 Å². The van der Waals surface area contributed by atoms with Crippen LogP contribution in [0, 0.1) is 0 Å². The summed E-state index contributed by atoms with van der Waals surface area (Å²) >= 11 is 8.31. The minimum absolute atomic E-state index is 0.0490. The maximum atomic E-state index is 13.0. The molecule has 0 aliphatic carbocycles. The molecular weight excluding hydrogens is 438 g/mol. The number of thiophene rings is 1. The molecule has 112 valence electrons. The Labute approximate surface area is 145 Å². The molecule has 1 atom stereocenters. The first-order valence-electron chi connectivity index (χ1n) is 6.49. The zero-order chi connectivity index (χ0) is 15.0. The Hall–Kier alpha value is -0.210. The summed E-state index contributed by atoms with van der Waals surface area (Å²) in [4.78, 5) is 0.319. The molecule has 1 aromatic heterocycles. The molecule has 0 saturated carbocycles. The van der Waals surface area contributed by atoms with Crippen molar-refractivity contribution in [1.82, 2.24) is 4.31 Å². The van der Waals surface area contributed by atoms with Crippen LogP contribution in [0.25, 0.3) is 0 Å². The highest BCUT2D eigenvalue weighted by Crippen LogP contribution is 2.39. The molecule has 1 fully saturated rings. The van der Waals surface area contributed by atoms with Gasteiger partial charge in [-0.05, 0) is 69.4 Å². The summed E-state index contributed by atoms with van der Waals surface area (Å²) in [6.45, 7) is 0.571. The minimum Gasteiger partial charge on any atom is -0.207 e. The van der Waals surface area contributed by atoms with Gasteiger partial charge in [0.15, 0.2) is 0 Å². The lowest BCUT2D eigenvalue weighted by atomic mass is 10.1. The Morgan fingerprint density at radius 3 is 2.76 bits per heavy atom. The highest BCUT2D eigenvalue weighted by Gasteiger charge is 2.37. The molecule has 3 nitrogen and oxygen atoms in total. The Bertz CT molecular complexity index is 744. The predicted molar refractivity (Wildman–Crippen MR) is 92.0 cm³/mol. The second-order valence-electron chi connectivity index (χ2n) is 4.91. The zero-order valence-corrected chi connectivity index (χ0v) is 15.8. The van der Waals surface area contributed by atoms with Crippen LogP contribution in [0.1, 0.15) is 24.4 Å². The smallest absolute Gasteiger partial charge is 0.207 e. The lowest BCUT2D eigenvalue weighted by molar-refractivity contribution is 0.397. The van der Waals surface area contributed by atoms with Crippen LogP contribution in [0.15, 0.2) is 48.9 Å². The monoisotopic (exact) mass is 449 g/mol. The van der Waals surface area contributed by atoms with Crippen LogP contribution >= 0.6 is 43.2 Å². The number of rotatable bonds is 3. The molecule has 1 aromatic carbocycles. The molecule has 2 aromatic rings. The van der Waals surface area contributed by atoms with Gasteiger partial charge in [-0.15, -0.1) is 0 Å². The number of halogens is 2. The van der Waals surface area contributed by atoms with E-state index in [-0.39, 0.29) is 6.04 Å². The van der Waals surface area contributed by atoms with Gasteiger partial charge in [0.25, 0.3) is 0 Å². The van der Waals surface area contributed by atoms with Crippen LogP contribution in [-0.2, 0) is 10.0 Å². The molecule has 0 spiro atoms. The van der Waals surface area contributed by atoms with E-state index in [2.05, 4.69) is 31.9 Å². The van der Waals surface area contributed by atoms with Crippen molar-refractivity contribution >= 4 is 53.2 Å². The fourth-order valence-electron chi connectivity index (χ4n) is 2.63. The molecule has 0 bridgehead atoms. The summed E-state index contributed by atoms with van der Waals surface area (Å²) in [5, 5.41) is 4.03. The third kappa shape index (κ3) is 2.99. The topological polar surface area (TPSA) is 37.4 Å². The average molecular weight is 451 g/mol. The molecule has 2 heterocycles. The van der Waals surface area contributed by atoms with Crippen LogP contribution < -0.4 is 0 Å². The van der Waals surface area contributed by atoms with Gasteiger partial charge in [0.2, 0.25) is 10.0 Å². The third-order valence-corrected chi connectivity index (χ3v) is 7.71. The predicted octanol–water partition coefficient (Wildman–Crippen LogP) is 4.80. The SMILES string of the molecule is O=S(=O)(c1cc(Br)ccc1Br)N1CCCC1c1ccsc1. The van der Waals surface area contributed by atoms with Crippen LogP contribution in [0.3, 0.4) is 0 Å². The zero-order valence-electron chi connectivity index (χ0n) is 11.0. The van der Waals surface area contributed by atoms with Gasteiger partial charge in [-0.1, -0.05) is 15.9 Å². The molecule has 1 saturated heterocycles. The quantitative estimate of drug-likeness (QED) is 0.673. The number of hydrogen-bond acceptors (Lipinski definition) is 3. The largest absolute Gasteiger partial charge is 0.244 e. The van der Waals surface area contributed by atoms with E-state index >= 15 is 0 Å². The molecule has 0 radical (unpaired) electrons. The second kappa shape index (κ2) is 6.12. The highest BCUT2D eigenvalue weighted by atomic mass is 79.9. The molecule has 0 N–H and O–H groups in total. The number of benzene rings is 1. The first-order chi connectivity index (χ1) is 10.00. The van der Waals surface area contributed by atoms with E-state index in [0.29, 0.717) is 15.9 Å². The second-order valence-corrected chi connectivity index (χ2v) is 9.31. The Balaban J connectivity index is 2.03. The van der Waals surface area contributed by atoms with Crippen molar-refractivity contribution in [1.29, 1.82) is 0 Å². The van der Waals surface area contributed by atoms with E-state index in [4.69, 9.17) is 0 Å². The molecule has 21 heavy (non-hydrogen) atoms. The fourth-order valence-corrected chi connectivity index (χ4v) is 6.48. The lowest BCUT2D eigenvalue weighted by Crippen LogP contribution is -2.30. The van der Waals surface area contributed by atoms with Crippen molar-refractivity contribution in [2.24, 2.45) is 0 Å². The van der Waals surface area contributed by atoms with Gasteiger partial charge in [0.05, 0.1) is 10.9 Å². The molecular formula is C14H13Br2NO2S2. The van der Waals surface area contributed by atoms with E-state index in [9.17, 15) is 8.42 Å². The van der Waals surface area contributed by atoms with E-state index in [1.807, 2.05) is 22.9 Å². The first-order valence-corrected chi connectivity index (χ1v) is 10.5. The van der Waals surface area contributed by atoms with Crippen molar-refractivity contribution in [2.75, 3.05) is 6.54 Å². The maximum absolute atomic E-state index is 13.0. The van der Waals surface area contributed by atoms with Crippen molar-refractivity contribution in [2.45, 2.75) is 23.8 Å². The van der Waals surface area contributed by atoms with E-state index in [1.165, 1.54) is 0 Å². The number of sulfonamides is 1. The number of hydrogen-bond donors (Lipinski definition) is 0. The summed E-state index contributed by atoms with van der Waals surface area (Å²) < 4.78 is 29.0. The van der Waals surface area contributed by atoms with E-state index < -0.39 is 10.0 Å².